The van der Waals surface area contributed by atoms with E-state index in [0.717, 1.165) is 24.2 Å². The smallest absolute Gasteiger partial charge is 0.159 e. The van der Waals surface area contributed by atoms with Crippen molar-refractivity contribution in [3.05, 3.63) is 11.6 Å². The number of rotatable bonds is 5. The van der Waals surface area contributed by atoms with Crippen LogP contribution < -0.4 is 0 Å². The third-order valence-electron chi connectivity index (χ3n) is 9.93. The van der Waals surface area contributed by atoms with Gasteiger partial charge in [-0.05, 0) is 78.6 Å². The van der Waals surface area contributed by atoms with Gasteiger partial charge in [0, 0.05) is 18.8 Å². The Hall–Kier alpha value is -0.920. The van der Waals surface area contributed by atoms with E-state index in [2.05, 4.69) is 34.6 Å². The number of carbonyl (C=O) groups is 2. The molecule has 0 saturated heterocycles. The molecular weight excluding hydrogens is 356 g/mol. The topological polar surface area (TPSA) is 34.1 Å². The van der Waals surface area contributed by atoms with Crippen LogP contribution in [0.25, 0.3) is 0 Å². The first kappa shape index (κ1) is 21.3. The fraction of sp³-hybridized carbons (Fsp3) is 0.852. The molecule has 1 unspecified atom stereocenters. The van der Waals surface area contributed by atoms with Gasteiger partial charge in [-0.1, -0.05) is 59.5 Å². The van der Waals surface area contributed by atoms with Crippen molar-refractivity contribution in [2.75, 3.05) is 0 Å². The van der Waals surface area contributed by atoms with E-state index in [-0.39, 0.29) is 17.1 Å². The molecule has 2 heteroatoms. The number of ketones is 2. The predicted octanol–water partition coefficient (Wildman–Crippen LogP) is 6.78. The lowest BCUT2D eigenvalue weighted by Crippen LogP contribution is -2.52. The van der Waals surface area contributed by atoms with Crippen molar-refractivity contribution in [3.63, 3.8) is 0 Å². The monoisotopic (exact) mass is 398 g/mol. The maximum atomic E-state index is 13.1. The van der Waals surface area contributed by atoms with Gasteiger partial charge in [-0.15, -0.1) is 0 Å². The second-order valence-corrected chi connectivity index (χ2v) is 12.0. The molecule has 4 rings (SSSR count). The highest BCUT2D eigenvalue weighted by atomic mass is 16.1. The minimum absolute atomic E-state index is 0.0252. The van der Waals surface area contributed by atoms with Crippen molar-refractivity contribution >= 4 is 11.6 Å². The molecule has 0 spiro atoms. The molecular formula is C27H42O2. The summed E-state index contributed by atoms with van der Waals surface area (Å²) in [6.07, 6.45) is 13.3. The van der Waals surface area contributed by atoms with Crippen molar-refractivity contribution in [2.24, 2.45) is 46.3 Å². The van der Waals surface area contributed by atoms with E-state index in [9.17, 15) is 9.59 Å². The molecule has 0 N–H and O–H groups in total. The first-order valence-electron chi connectivity index (χ1n) is 12.4. The molecule has 2 nitrogen and oxygen atoms in total. The van der Waals surface area contributed by atoms with E-state index in [1.165, 1.54) is 50.5 Å². The highest BCUT2D eigenvalue weighted by molar-refractivity contribution is 5.98. The van der Waals surface area contributed by atoms with Crippen molar-refractivity contribution < 1.29 is 9.59 Å². The Morgan fingerprint density at radius 2 is 1.66 bits per heavy atom. The zero-order chi connectivity index (χ0) is 21.0. The van der Waals surface area contributed by atoms with Crippen molar-refractivity contribution in [3.8, 4) is 0 Å². The van der Waals surface area contributed by atoms with E-state index < -0.39 is 0 Å². The highest BCUT2D eigenvalue weighted by Gasteiger charge is 2.59. The van der Waals surface area contributed by atoms with Crippen LogP contribution in [0.15, 0.2) is 11.6 Å². The molecule has 4 aliphatic rings. The van der Waals surface area contributed by atoms with Crippen LogP contribution >= 0.6 is 0 Å². The normalized spacial score (nSPS) is 42.9. The quantitative estimate of drug-likeness (QED) is 0.512. The molecule has 4 aliphatic carbocycles. The van der Waals surface area contributed by atoms with E-state index >= 15 is 0 Å². The number of allylic oxidation sites excluding steroid dienone is 2. The summed E-state index contributed by atoms with van der Waals surface area (Å²) in [7, 11) is 0. The summed E-state index contributed by atoms with van der Waals surface area (Å²) >= 11 is 0. The Balaban J connectivity index is 1.56. The summed E-state index contributed by atoms with van der Waals surface area (Å²) in [5, 5.41) is 0. The lowest BCUT2D eigenvalue weighted by Gasteiger charge is -2.56. The molecule has 3 fully saturated rings. The minimum Gasteiger partial charge on any atom is -0.300 e. The second-order valence-electron chi connectivity index (χ2n) is 12.0. The van der Waals surface area contributed by atoms with Gasteiger partial charge < -0.3 is 0 Å². The molecule has 0 bridgehead atoms. The van der Waals surface area contributed by atoms with Gasteiger partial charge in [-0.25, -0.2) is 0 Å². The van der Waals surface area contributed by atoms with Gasteiger partial charge in [0.15, 0.2) is 5.78 Å². The predicted molar refractivity (Wildman–Crippen MR) is 118 cm³/mol. The summed E-state index contributed by atoms with van der Waals surface area (Å²) in [4.78, 5) is 25.2. The Kier molecular flexibility index (Phi) is 5.62. The van der Waals surface area contributed by atoms with E-state index in [4.69, 9.17) is 0 Å². The number of carbonyl (C=O) groups excluding carboxylic acids is 2. The lowest BCUT2D eigenvalue weighted by atomic mass is 9.47. The van der Waals surface area contributed by atoms with Gasteiger partial charge in [0.2, 0.25) is 0 Å². The summed E-state index contributed by atoms with van der Waals surface area (Å²) in [5.41, 5.74) is 1.89. The molecule has 0 aliphatic heterocycles. The Morgan fingerprint density at radius 1 is 0.931 bits per heavy atom. The largest absolute Gasteiger partial charge is 0.300 e. The van der Waals surface area contributed by atoms with Crippen LogP contribution in [0.2, 0.25) is 0 Å². The van der Waals surface area contributed by atoms with E-state index in [0.29, 0.717) is 35.9 Å². The maximum Gasteiger partial charge on any atom is 0.159 e. The summed E-state index contributed by atoms with van der Waals surface area (Å²) in [5.74, 6) is 4.04. The Labute approximate surface area is 178 Å². The summed E-state index contributed by atoms with van der Waals surface area (Å²) < 4.78 is 0. The van der Waals surface area contributed by atoms with Gasteiger partial charge in [0.1, 0.15) is 5.78 Å². The maximum absolute atomic E-state index is 13.1. The standard InChI is InChI=1S/C27H42O2/c1-17(2)7-6-8-18(3)21-9-10-22-20-16-25(29)24-15-19(28)11-13-27(24,5)23(20)12-14-26(21,22)4/h16-18,21-24H,6-15H2,1-5H3/t18-,21+,22-,23-,24?,26+,27+/m0/s1. The van der Waals surface area contributed by atoms with Crippen LogP contribution in [0.3, 0.4) is 0 Å². The molecule has 162 valence electrons. The van der Waals surface area contributed by atoms with Gasteiger partial charge >= 0.3 is 0 Å². The molecule has 7 atom stereocenters. The van der Waals surface area contributed by atoms with E-state index in [1.54, 1.807) is 0 Å². The Bertz CT molecular complexity index is 703. The fourth-order valence-corrected chi connectivity index (χ4v) is 8.18. The third kappa shape index (κ3) is 3.47. The molecule has 0 aromatic rings. The van der Waals surface area contributed by atoms with Crippen LogP contribution in [0.4, 0.5) is 0 Å². The molecule has 0 amide bonds. The van der Waals surface area contributed by atoms with E-state index in [1.807, 2.05) is 6.08 Å². The molecule has 0 aromatic heterocycles. The SMILES string of the molecule is CC(C)CCC[C@H](C)[C@H]1CC[C@H]2C3=CC(=O)C4CC(=O)CC[C@]4(C)[C@H]3CC[C@]12C. The van der Waals surface area contributed by atoms with Crippen LogP contribution in [-0.2, 0) is 9.59 Å². The molecule has 29 heavy (non-hydrogen) atoms. The number of hydrogen-bond donors (Lipinski definition) is 0. The zero-order valence-electron chi connectivity index (χ0n) is 19.4. The van der Waals surface area contributed by atoms with Crippen LogP contribution in [-0.4, -0.2) is 11.6 Å². The first-order valence-corrected chi connectivity index (χ1v) is 12.4. The number of Topliss-reactive ketones (excluding diaryl/α,β-unsaturated/α-hetero) is 1. The third-order valence-corrected chi connectivity index (χ3v) is 9.93. The van der Waals surface area contributed by atoms with Crippen LogP contribution in [0, 0.1) is 46.3 Å². The molecule has 0 radical (unpaired) electrons. The van der Waals surface area contributed by atoms with Gasteiger partial charge in [-0.2, -0.15) is 0 Å². The van der Waals surface area contributed by atoms with Gasteiger partial charge in [0.05, 0.1) is 0 Å². The lowest BCUT2D eigenvalue weighted by molar-refractivity contribution is -0.138. The fourth-order valence-electron chi connectivity index (χ4n) is 8.18. The first-order chi connectivity index (χ1) is 13.7. The molecule has 0 aromatic carbocycles. The zero-order valence-corrected chi connectivity index (χ0v) is 19.4. The second kappa shape index (κ2) is 7.65. The van der Waals surface area contributed by atoms with Crippen molar-refractivity contribution in [1.29, 1.82) is 0 Å². The summed E-state index contributed by atoms with van der Waals surface area (Å²) in [6.45, 7) is 12.0. The van der Waals surface area contributed by atoms with Crippen molar-refractivity contribution in [2.45, 2.75) is 98.8 Å². The molecule has 3 saturated carbocycles. The minimum atomic E-state index is -0.0472. The highest BCUT2D eigenvalue weighted by Crippen LogP contribution is 2.66. The molecule has 0 heterocycles. The van der Waals surface area contributed by atoms with Crippen molar-refractivity contribution in [1.82, 2.24) is 0 Å². The average molecular weight is 399 g/mol. The average Bonchev–Trinajstić information content (AvgIpc) is 3.00. The van der Waals surface area contributed by atoms with Gasteiger partial charge in [0.25, 0.3) is 0 Å². The summed E-state index contributed by atoms with van der Waals surface area (Å²) in [6, 6.07) is 0. The van der Waals surface area contributed by atoms with Crippen LogP contribution in [0.5, 0.6) is 0 Å². The number of fused-ring (bicyclic) bond motifs is 5. The van der Waals surface area contributed by atoms with Gasteiger partial charge in [-0.3, -0.25) is 9.59 Å². The number of hydrogen-bond acceptors (Lipinski definition) is 2. The van der Waals surface area contributed by atoms with Crippen LogP contribution in [0.1, 0.15) is 98.8 Å². The Morgan fingerprint density at radius 3 is 2.38 bits per heavy atom.